The van der Waals surface area contributed by atoms with Crippen molar-refractivity contribution in [2.45, 2.75) is 12.0 Å². The molecule has 0 rings (SSSR count). The molecule has 0 saturated carbocycles. The van der Waals surface area contributed by atoms with Gasteiger partial charge in [-0.15, -0.1) is 11.6 Å². The lowest BCUT2D eigenvalue weighted by atomic mass is 10.8. The lowest BCUT2D eigenvalue weighted by molar-refractivity contribution is 0.795. The molecule has 3 heteroatoms. The zero-order valence-corrected chi connectivity index (χ0v) is 6.92. The number of rotatable bonds is 2. The maximum atomic E-state index is 5.53. The van der Waals surface area contributed by atoms with Gasteiger partial charge < -0.3 is 5.32 Å². The molecule has 0 bridgehead atoms. The van der Waals surface area contributed by atoms with Crippen LogP contribution in [0, 0.1) is 0 Å². The van der Waals surface area contributed by atoms with E-state index in [9.17, 15) is 0 Å². The van der Waals surface area contributed by atoms with E-state index in [1.54, 1.807) is 0 Å². The molecule has 0 aromatic carbocycles. The van der Waals surface area contributed by atoms with Gasteiger partial charge in [-0.3, -0.25) is 0 Å². The van der Waals surface area contributed by atoms with E-state index >= 15 is 0 Å². The van der Waals surface area contributed by atoms with Crippen molar-refractivity contribution in [2.24, 2.45) is 0 Å². The highest BCUT2D eigenvalue weighted by Gasteiger charge is 1.85. The minimum Gasteiger partial charge on any atom is -0.305 e. The molecular formula is C3H10ClNSi. The highest BCUT2D eigenvalue weighted by Crippen LogP contribution is 1.77. The lowest BCUT2D eigenvalue weighted by Crippen LogP contribution is -2.22. The average Bonchev–Trinajstić information content (AvgIpc) is 1.35. The topological polar surface area (TPSA) is 12.0 Å². The van der Waals surface area contributed by atoms with Crippen LogP contribution >= 0.6 is 11.6 Å². The molecule has 0 amide bonds. The molecule has 0 aliphatic rings. The maximum Gasteiger partial charge on any atom is 0.0620 e. The molecule has 0 aromatic heterocycles. The fourth-order valence-electron chi connectivity index (χ4n) is 0.281. The molecule has 0 aliphatic carbocycles. The summed E-state index contributed by atoms with van der Waals surface area (Å²) in [4.78, 5) is 0. The molecule has 1 nitrogen and oxygen atoms in total. The van der Waals surface area contributed by atoms with Gasteiger partial charge in [-0.05, 0) is 6.54 Å². The van der Waals surface area contributed by atoms with Crippen LogP contribution in [0.15, 0.2) is 0 Å². The van der Waals surface area contributed by atoms with Crippen LogP contribution in [0.1, 0.15) is 6.92 Å². The van der Waals surface area contributed by atoms with Crippen LogP contribution < -0.4 is 5.32 Å². The van der Waals surface area contributed by atoms with E-state index in [0.29, 0.717) is 0 Å². The Balaban J connectivity index is 2.63. The van der Waals surface area contributed by atoms with Crippen LogP contribution in [-0.4, -0.2) is 21.9 Å². The third kappa shape index (κ3) is 4.47. The van der Waals surface area contributed by atoms with Crippen LogP contribution in [0.5, 0.6) is 0 Å². The SMILES string of the molecule is CCNC([SiH3])Cl. The molecule has 0 aromatic rings. The first-order valence-electron chi connectivity index (χ1n) is 2.14. The van der Waals surface area contributed by atoms with Crippen molar-refractivity contribution >= 4 is 21.8 Å². The summed E-state index contributed by atoms with van der Waals surface area (Å²) >= 11 is 5.53. The second kappa shape index (κ2) is 3.65. The fraction of sp³-hybridized carbons (Fsp3) is 1.00. The molecule has 0 fully saturated rings. The molecule has 0 saturated heterocycles. The van der Waals surface area contributed by atoms with Crippen molar-refractivity contribution in [1.82, 2.24) is 5.32 Å². The highest BCUT2D eigenvalue weighted by atomic mass is 35.5. The van der Waals surface area contributed by atoms with Crippen molar-refractivity contribution in [3.05, 3.63) is 0 Å². The molecule has 0 heterocycles. The molecule has 1 unspecified atom stereocenters. The minimum absolute atomic E-state index is 0.259. The minimum atomic E-state index is 0.259. The number of hydrogen-bond donors (Lipinski definition) is 1. The monoisotopic (exact) mass is 123 g/mol. The van der Waals surface area contributed by atoms with Crippen molar-refractivity contribution in [1.29, 1.82) is 0 Å². The van der Waals surface area contributed by atoms with Gasteiger partial charge in [0, 0.05) is 10.2 Å². The average molecular weight is 124 g/mol. The Hall–Kier alpha value is 0.467. The quantitative estimate of drug-likeness (QED) is 0.296. The van der Waals surface area contributed by atoms with Crippen LogP contribution in [0.4, 0.5) is 0 Å². The molecule has 6 heavy (non-hydrogen) atoms. The van der Waals surface area contributed by atoms with E-state index in [1.807, 2.05) is 6.92 Å². The number of hydrogen-bond acceptors (Lipinski definition) is 1. The number of halogens is 1. The van der Waals surface area contributed by atoms with Gasteiger partial charge in [0.1, 0.15) is 0 Å². The summed E-state index contributed by atoms with van der Waals surface area (Å²) in [6.45, 7) is 3.03. The zero-order valence-electron chi connectivity index (χ0n) is 4.16. The Morgan fingerprint density at radius 2 is 2.50 bits per heavy atom. The fourth-order valence-corrected chi connectivity index (χ4v) is 0.844. The summed E-state index contributed by atoms with van der Waals surface area (Å²) in [6, 6.07) is 0. The van der Waals surface area contributed by atoms with Gasteiger partial charge in [0.25, 0.3) is 0 Å². The van der Waals surface area contributed by atoms with E-state index < -0.39 is 0 Å². The predicted molar refractivity (Wildman–Crippen MR) is 33.3 cm³/mol. The second-order valence-electron chi connectivity index (χ2n) is 1.17. The van der Waals surface area contributed by atoms with E-state index in [0.717, 1.165) is 16.8 Å². The number of alkyl halides is 1. The molecule has 0 aliphatic heterocycles. The second-order valence-corrected chi connectivity index (χ2v) is 3.71. The van der Waals surface area contributed by atoms with Crippen LogP contribution in [0.25, 0.3) is 0 Å². The van der Waals surface area contributed by atoms with Gasteiger partial charge in [0.15, 0.2) is 0 Å². The zero-order chi connectivity index (χ0) is 4.99. The Bertz CT molecular complexity index is 32.0. The van der Waals surface area contributed by atoms with Crippen LogP contribution in [0.2, 0.25) is 0 Å². The van der Waals surface area contributed by atoms with Gasteiger partial charge >= 0.3 is 0 Å². The van der Waals surface area contributed by atoms with Crippen molar-refractivity contribution in [3.8, 4) is 0 Å². The molecular weight excluding hydrogens is 114 g/mol. The third-order valence-corrected chi connectivity index (χ3v) is 1.05. The van der Waals surface area contributed by atoms with E-state index in [1.165, 1.54) is 0 Å². The van der Waals surface area contributed by atoms with E-state index in [2.05, 4.69) is 5.32 Å². The summed E-state index contributed by atoms with van der Waals surface area (Å²) in [5.74, 6) is 0. The third-order valence-electron chi connectivity index (χ3n) is 0.485. The van der Waals surface area contributed by atoms with Crippen molar-refractivity contribution < 1.29 is 0 Å². The van der Waals surface area contributed by atoms with Gasteiger partial charge in [-0.25, -0.2) is 0 Å². The van der Waals surface area contributed by atoms with E-state index in [-0.39, 0.29) is 5.12 Å². The molecule has 0 radical (unpaired) electrons. The van der Waals surface area contributed by atoms with Crippen molar-refractivity contribution in [2.75, 3.05) is 6.54 Å². The molecule has 1 N–H and O–H groups in total. The summed E-state index contributed by atoms with van der Waals surface area (Å²) < 4.78 is 0. The first-order chi connectivity index (χ1) is 2.77. The smallest absolute Gasteiger partial charge is 0.0620 e. The summed E-state index contributed by atoms with van der Waals surface area (Å²) in [7, 11) is 1.03. The lowest BCUT2D eigenvalue weighted by Gasteiger charge is -1.98. The highest BCUT2D eigenvalue weighted by molar-refractivity contribution is 6.40. The number of nitrogens with one attached hydrogen (secondary N) is 1. The standard InChI is InChI=1S/C3H10ClNSi/c1-2-5-3(4)6/h3,5H,2H2,1,6H3. The Morgan fingerprint density at radius 3 is 2.50 bits per heavy atom. The maximum absolute atomic E-state index is 5.53. The Kier molecular flexibility index (Phi) is 3.93. The first kappa shape index (κ1) is 6.47. The molecule has 0 spiro atoms. The van der Waals surface area contributed by atoms with Crippen molar-refractivity contribution in [3.63, 3.8) is 0 Å². The van der Waals surface area contributed by atoms with E-state index in [4.69, 9.17) is 11.6 Å². The summed E-state index contributed by atoms with van der Waals surface area (Å²) in [6.07, 6.45) is 0. The first-order valence-corrected chi connectivity index (χ1v) is 3.74. The predicted octanol–water partition coefficient (Wildman–Crippen LogP) is -0.516. The summed E-state index contributed by atoms with van der Waals surface area (Å²) in [5, 5.41) is 3.29. The van der Waals surface area contributed by atoms with Crippen LogP contribution in [-0.2, 0) is 0 Å². The van der Waals surface area contributed by atoms with Gasteiger partial charge in [-0.2, -0.15) is 0 Å². The Morgan fingerprint density at radius 1 is 2.00 bits per heavy atom. The largest absolute Gasteiger partial charge is 0.305 e. The van der Waals surface area contributed by atoms with Gasteiger partial charge in [0.2, 0.25) is 0 Å². The van der Waals surface area contributed by atoms with Crippen LogP contribution in [0.3, 0.4) is 0 Å². The Labute approximate surface area is 46.5 Å². The van der Waals surface area contributed by atoms with Gasteiger partial charge in [-0.1, -0.05) is 6.92 Å². The normalized spacial score (nSPS) is 15.0. The molecule has 1 atom stereocenters. The molecule has 38 valence electrons. The van der Waals surface area contributed by atoms with Gasteiger partial charge in [0.05, 0.1) is 5.12 Å². The summed E-state index contributed by atoms with van der Waals surface area (Å²) in [5.41, 5.74) is 0.